The van der Waals surface area contributed by atoms with Gasteiger partial charge in [0, 0.05) is 18.4 Å². The molecule has 2 nitrogen and oxygen atoms in total. The molecule has 1 aromatic carbocycles. The van der Waals surface area contributed by atoms with Crippen molar-refractivity contribution >= 4 is 0 Å². The summed E-state index contributed by atoms with van der Waals surface area (Å²) in [7, 11) is 0. The Balaban J connectivity index is 1.96. The number of benzene rings is 1. The van der Waals surface area contributed by atoms with E-state index in [-0.39, 0.29) is 6.61 Å². The van der Waals surface area contributed by atoms with Crippen LogP contribution >= 0.6 is 0 Å². The fourth-order valence-corrected chi connectivity index (χ4v) is 2.53. The standard InChI is InChI=1S/C15H15NO/c17-10-11-7-12-4-5-13(9-14(12)8-11)15-3-1-2-6-16-15/h1-6,9,11,17H,7-8,10H2/t11-/m1/s1. The Kier molecular flexibility index (Phi) is 2.65. The van der Waals surface area contributed by atoms with Crippen molar-refractivity contribution in [2.45, 2.75) is 12.8 Å². The fraction of sp³-hybridized carbons (Fsp3) is 0.267. The van der Waals surface area contributed by atoms with Gasteiger partial charge in [-0.1, -0.05) is 18.2 Å². The molecule has 1 N–H and O–H groups in total. The van der Waals surface area contributed by atoms with E-state index in [9.17, 15) is 5.11 Å². The monoisotopic (exact) mass is 225 g/mol. The minimum absolute atomic E-state index is 0.285. The summed E-state index contributed by atoms with van der Waals surface area (Å²) >= 11 is 0. The van der Waals surface area contributed by atoms with E-state index in [2.05, 4.69) is 23.2 Å². The van der Waals surface area contributed by atoms with Gasteiger partial charge in [0.15, 0.2) is 0 Å². The number of hydrogen-bond donors (Lipinski definition) is 1. The molecule has 86 valence electrons. The maximum atomic E-state index is 9.21. The van der Waals surface area contributed by atoms with Crippen LogP contribution in [0, 0.1) is 5.92 Å². The van der Waals surface area contributed by atoms with Crippen LogP contribution in [0.1, 0.15) is 11.1 Å². The van der Waals surface area contributed by atoms with Crippen LogP contribution in [0.4, 0.5) is 0 Å². The quantitative estimate of drug-likeness (QED) is 0.851. The summed E-state index contributed by atoms with van der Waals surface area (Å²) in [4.78, 5) is 4.36. The Bertz CT molecular complexity index is 522. The lowest BCUT2D eigenvalue weighted by atomic mass is 10.0. The van der Waals surface area contributed by atoms with Gasteiger partial charge in [-0.3, -0.25) is 4.98 Å². The second kappa shape index (κ2) is 4.30. The van der Waals surface area contributed by atoms with Gasteiger partial charge < -0.3 is 5.11 Å². The number of pyridine rings is 1. The molecule has 0 fully saturated rings. The number of fused-ring (bicyclic) bond motifs is 1. The summed E-state index contributed by atoms with van der Waals surface area (Å²) in [5.74, 6) is 0.406. The Morgan fingerprint density at radius 3 is 2.76 bits per heavy atom. The van der Waals surface area contributed by atoms with Crippen LogP contribution in [-0.4, -0.2) is 16.7 Å². The number of aliphatic hydroxyl groups is 1. The largest absolute Gasteiger partial charge is 0.396 e. The smallest absolute Gasteiger partial charge is 0.0702 e. The molecule has 1 aliphatic rings. The summed E-state index contributed by atoms with van der Waals surface area (Å²) in [6.07, 6.45) is 3.82. The van der Waals surface area contributed by atoms with E-state index in [0.29, 0.717) is 5.92 Å². The average Bonchev–Trinajstić information content (AvgIpc) is 2.81. The molecule has 1 aromatic heterocycles. The number of hydrogen-bond acceptors (Lipinski definition) is 2. The van der Waals surface area contributed by atoms with E-state index in [4.69, 9.17) is 0 Å². The number of aromatic nitrogens is 1. The van der Waals surface area contributed by atoms with Crippen molar-refractivity contribution < 1.29 is 5.11 Å². The molecule has 0 aliphatic heterocycles. The molecule has 0 bridgehead atoms. The minimum Gasteiger partial charge on any atom is -0.396 e. The maximum absolute atomic E-state index is 9.21. The first kappa shape index (κ1) is 10.5. The van der Waals surface area contributed by atoms with Gasteiger partial charge in [0.25, 0.3) is 0 Å². The second-order valence-corrected chi connectivity index (χ2v) is 4.66. The first-order valence-electron chi connectivity index (χ1n) is 6.01. The normalized spacial score (nSPS) is 18.1. The molecule has 0 saturated carbocycles. The molecular weight excluding hydrogens is 210 g/mol. The van der Waals surface area contributed by atoms with Gasteiger partial charge in [0.1, 0.15) is 0 Å². The van der Waals surface area contributed by atoms with Crippen molar-refractivity contribution in [3.05, 3.63) is 53.7 Å². The Morgan fingerprint density at radius 1 is 1.12 bits per heavy atom. The predicted molar refractivity (Wildman–Crippen MR) is 67.7 cm³/mol. The molecule has 0 saturated heterocycles. The third-order valence-electron chi connectivity index (χ3n) is 3.44. The highest BCUT2D eigenvalue weighted by molar-refractivity contribution is 5.61. The minimum atomic E-state index is 0.285. The Morgan fingerprint density at radius 2 is 2.00 bits per heavy atom. The van der Waals surface area contributed by atoms with Crippen LogP contribution in [0.3, 0.4) is 0 Å². The molecule has 0 amide bonds. The van der Waals surface area contributed by atoms with Crippen LogP contribution in [0.15, 0.2) is 42.6 Å². The zero-order valence-corrected chi connectivity index (χ0v) is 9.63. The van der Waals surface area contributed by atoms with Gasteiger partial charge in [-0.25, -0.2) is 0 Å². The average molecular weight is 225 g/mol. The summed E-state index contributed by atoms with van der Waals surface area (Å²) in [6, 6.07) is 12.5. The van der Waals surface area contributed by atoms with Crippen molar-refractivity contribution in [3.8, 4) is 11.3 Å². The molecule has 2 aromatic rings. The first-order chi connectivity index (χ1) is 8.36. The van der Waals surface area contributed by atoms with Gasteiger partial charge in [-0.05, 0) is 48.1 Å². The summed E-state index contributed by atoms with van der Waals surface area (Å²) in [6.45, 7) is 0.285. The van der Waals surface area contributed by atoms with E-state index < -0.39 is 0 Å². The highest BCUT2D eigenvalue weighted by atomic mass is 16.3. The van der Waals surface area contributed by atoms with Crippen molar-refractivity contribution in [2.75, 3.05) is 6.61 Å². The molecule has 3 rings (SSSR count). The lowest BCUT2D eigenvalue weighted by molar-refractivity contribution is 0.232. The number of aliphatic hydroxyl groups excluding tert-OH is 1. The van der Waals surface area contributed by atoms with Crippen LogP contribution < -0.4 is 0 Å². The van der Waals surface area contributed by atoms with Gasteiger partial charge in [-0.2, -0.15) is 0 Å². The van der Waals surface area contributed by atoms with Crippen LogP contribution in [0.2, 0.25) is 0 Å². The third-order valence-corrected chi connectivity index (χ3v) is 3.44. The molecule has 2 heteroatoms. The fourth-order valence-electron chi connectivity index (χ4n) is 2.53. The van der Waals surface area contributed by atoms with Gasteiger partial charge in [-0.15, -0.1) is 0 Å². The Hall–Kier alpha value is -1.67. The molecular formula is C15H15NO. The van der Waals surface area contributed by atoms with Crippen LogP contribution in [0.25, 0.3) is 11.3 Å². The summed E-state index contributed by atoms with van der Waals surface area (Å²) in [5.41, 5.74) is 4.93. The molecule has 17 heavy (non-hydrogen) atoms. The van der Waals surface area contributed by atoms with E-state index in [1.54, 1.807) is 0 Å². The molecule has 0 radical (unpaired) electrons. The molecule has 0 unspecified atom stereocenters. The van der Waals surface area contributed by atoms with Crippen molar-refractivity contribution in [1.29, 1.82) is 0 Å². The molecule has 0 spiro atoms. The molecule has 1 aliphatic carbocycles. The maximum Gasteiger partial charge on any atom is 0.0702 e. The van der Waals surface area contributed by atoms with Crippen LogP contribution in [0.5, 0.6) is 0 Å². The topological polar surface area (TPSA) is 33.1 Å². The highest BCUT2D eigenvalue weighted by Crippen LogP contribution is 2.30. The molecule has 1 atom stereocenters. The Labute approximate surface area is 101 Å². The van der Waals surface area contributed by atoms with Crippen molar-refractivity contribution in [3.63, 3.8) is 0 Å². The second-order valence-electron chi connectivity index (χ2n) is 4.66. The number of nitrogens with zero attached hydrogens (tertiary/aromatic N) is 1. The zero-order valence-electron chi connectivity index (χ0n) is 9.63. The molecule has 1 heterocycles. The summed E-state index contributed by atoms with van der Waals surface area (Å²) < 4.78 is 0. The number of rotatable bonds is 2. The summed E-state index contributed by atoms with van der Waals surface area (Å²) in [5, 5.41) is 9.21. The third kappa shape index (κ3) is 1.96. The van der Waals surface area contributed by atoms with E-state index in [1.807, 2.05) is 24.4 Å². The van der Waals surface area contributed by atoms with Gasteiger partial charge in [0.05, 0.1) is 5.69 Å². The van der Waals surface area contributed by atoms with Gasteiger partial charge >= 0.3 is 0 Å². The van der Waals surface area contributed by atoms with E-state index in [1.165, 1.54) is 16.7 Å². The van der Waals surface area contributed by atoms with Gasteiger partial charge in [0.2, 0.25) is 0 Å². The van der Waals surface area contributed by atoms with Crippen molar-refractivity contribution in [2.24, 2.45) is 5.92 Å². The first-order valence-corrected chi connectivity index (χ1v) is 6.01. The predicted octanol–water partition coefficient (Wildman–Crippen LogP) is 2.46. The van der Waals surface area contributed by atoms with Crippen LogP contribution in [-0.2, 0) is 12.8 Å². The van der Waals surface area contributed by atoms with E-state index >= 15 is 0 Å². The highest BCUT2D eigenvalue weighted by Gasteiger charge is 2.20. The lowest BCUT2D eigenvalue weighted by Crippen LogP contribution is -2.04. The zero-order chi connectivity index (χ0) is 11.7. The van der Waals surface area contributed by atoms with Crippen molar-refractivity contribution in [1.82, 2.24) is 4.98 Å². The lowest BCUT2D eigenvalue weighted by Gasteiger charge is -2.03. The van der Waals surface area contributed by atoms with E-state index in [0.717, 1.165) is 18.5 Å². The SMILES string of the molecule is OC[C@@H]1Cc2ccc(-c3ccccn3)cc2C1.